The molecule has 0 heterocycles. The van der Waals surface area contributed by atoms with Gasteiger partial charge in [0, 0.05) is 5.56 Å². The molecule has 0 fully saturated rings. The van der Waals surface area contributed by atoms with Gasteiger partial charge in [-0.25, -0.2) is 0 Å². The van der Waals surface area contributed by atoms with Crippen molar-refractivity contribution in [3.8, 4) is 11.8 Å². The van der Waals surface area contributed by atoms with Crippen LogP contribution in [0, 0.1) is 11.3 Å². The van der Waals surface area contributed by atoms with Crippen molar-refractivity contribution in [3.05, 3.63) is 61.5 Å². The Kier molecular flexibility index (Phi) is 5.24. The van der Waals surface area contributed by atoms with Gasteiger partial charge in [0.2, 0.25) is 0 Å². The molecule has 0 bridgehead atoms. The van der Waals surface area contributed by atoms with Crippen LogP contribution in [0.1, 0.15) is 17.0 Å². The molecule has 0 spiro atoms. The smallest absolute Gasteiger partial charge is 0.119 e. The Hall–Kier alpha value is -1.11. The number of ether oxygens (including phenoxy) is 1. The number of halogens is 4. The second-order valence-corrected chi connectivity index (χ2v) is 5.79. The molecule has 1 atom stereocenters. The third-order valence-electron chi connectivity index (χ3n) is 2.99. The monoisotopic (exact) mass is 359 g/mol. The van der Waals surface area contributed by atoms with Crippen LogP contribution >= 0.6 is 46.4 Å². The van der Waals surface area contributed by atoms with Gasteiger partial charge in [0.25, 0.3) is 0 Å². The van der Waals surface area contributed by atoms with Gasteiger partial charge in [-0.05, 0) is 23.8 Å². The zero-order valence-electron chi connectivity index (χ0n) is 10.8. The second-order valence-electron chi connectivity index (χ2n) is 4.22. The van der Waals surface area contributed by atoms with E-state index in [1.54, 1.807) is 31.4 Å². The average Bonchev–Trinajstić information content (AvgIpc) is 2.49. The summed E-state index contributed by atoms with van der Waals surface area (Å²) in [4.78, 5) is 0. The average molecular weight is 361 g/mol. The minimum atomic E-state index is -0.698. The van der Waals surface area contributed by atoms with Crippen molar-refractivity contribution in [1.82, 2.24) is 0 Å². The van der Waals surface area contributed by atoms with E-state index in [9.17, 15) is 5.26 Å². The lowest BCUT2D eigenvalue weighted by atomic mass is 9.92. The van der Waals surface area contributed by atoms with Crippen LogP contribution in [-0.4, -0.2) is 7.11 Å². The van der Waals surface area contributed by atoms with Gasteiger partial charge in [0.05, 0.1) is 39.2 Å². The Morgan fingerprint density at radius 1 is 1.05 bits per heavy atom. The molecule has 108 valence electrons. The Bertz CT molecular complexity index is 698. The summed E-state index contributed by atoms with van der Waals surface area (Å²) in [5, 5.41) is 10.5. The van der Waals surface area contributed by atoms with Crippen LogP contribution in [0.2, 0.25) is 20.1 Å². The molecule has 0 radical (unpaired) electrons. The first kappa shape index (κ1) is 16.3. The number of nitriles is 1. The molecular weight excluding hydrogens is 352 g/mol. The minimum Gasteiger partial charge on any atom is -0.497 e. The molecule has 0 aromatic heterocycles. The quantitative estimate of drug-likeness (QED) is 0.632. The molecule has 2 nitrogen and oxygen atoms in total. The predicted molar refractivity (Wildman–Crippen MR) is 86.9 cm³/mol. The molecule has 0 aliphatic heterocycles. The highest BCUT2D eigenvalue weighted by atomic mass is 35.5. The summed E-state index contributed by atoms with van der Waals surface area (Å²) < 4.78 is 5.17. The topological polar surface area (TPSA) is 33.0 Å². The van der Waals surface area contributed by atoms with E-state index >= 15 is 0 Å². The molecule has 2 aromatic carbocycles. The molecule has 0 aliphatic carbocycles. The van der Waals surface area contributed by atoms with E-state index in [2.05, 4.69) is 6.07 Å². The third-order valence-corrected chi connectivity index (χ3v) is 4.59. The summed E-state index contributed by atoms with van der Waals surface area (Å²) in [6.45, 7) is 0. The van der Waals surface area contributed by atoms with Crippen LogP contribution in [0.15, 0.2) is 30.3 Å². The van der Waals surface area contributed by atoms with Crippen LogP contribution in [0.3, 0.4) is 0 Å². The van der Waals surface area contributed by atoms with E-state index in [1.807, 2.05) is 0 Å². The Balaban J connectivity index is 2.65. The summed E-state index contributed by atoms with van der Waals surface area (Å²) in [6.07, 6.45) is 0. The molecule has 2 aromatic rings. The highest BCUT2D eigenvalue weighted by Crippen LogP contribution is 2.43. The van der Waals surface area contributed by atoms with Gasteiger partial charge < -0.3 is 4.74 Å². The van der Waals surface area contributed by atoms with Crippen LogP contribution in [-0.2, 0) is 0 Å². The number of hydrogen-bond acceptors (Lipinski definition) is 2. The van der Waals surface area contributed by atoms with Crippen LogP contribution in [0.25, 0.3) is 0 Å². The number of rotatable bonds is 3. The lowest BCUT2D eigenvalue weighted by Crippen LogP contribution is -2.02. The first-order valence-corrected chi connectivity index (χ1v) is 7.37. The second kappa shape index (κ2) is 6.77. The van der Waals surface area contributed by atoms with Crippen molar-refractivity contribution in [1.29, 1.82) is 5.26 Å². The molecule has 0 saturated heterocycles. The van der Waals surface area contributed by atoms with Crippen LogP contribution in [0.4, 0.5) is 0 Å². The maximum Gasteiger partial charge on any atom is 0.119 e. The molecule has 6 heteroatoms. The van der Waals surface area contributed by atoms with Crippen molar-refractivity contribution in [3.63, 3.8) is 0 Å². The highest BCUT2D eigenvalue weighted by Gasteiger charge is 2.24. The molecule has 0 saturated carbocycles. The molecule has 0 aliphatic rings. The fourth-order valence-corrected chi connectivity index (χ4v) is 3.01. The van der Waals surface area contributed by atoms with Gasteiger partial charge in [-0.2, -0.15) is 5.26 Å². The van der Waals surface area contributed by atoms with Gasteiger partial charge in [-0.3, -0.25) is 0 Å². The van der Waals surface area contributed by atoms with E-state index in [0.717, 1.165) is 0 Å². The fraction of sp³-hybridized carbons (Fsp3) is 0.133. The Morgan fingerprint density at radius 2 is 1.67 bits per heavy atom. The largest absolute Gasteiger partial charge is 0.497 e. The van der Waals surface area contributed by atoms with E-state index in [1.165, 1.54) is 6.07 Å². The van der Waals surface area contributed by atoms with Gasteiger partial charge in [-0.15, -0.1) is 0 Å². The van der Waals surface area contributed by atoms with Gasteiger partial charge in [0.15, 0.2) is 0 Å². The molecule has 21 heavy (non-hydrogen) atoms. The third kappa shape index (κ3) is 3.22. The maximum atomic E-state index is 9.53. The SMILES string of the molecule is COc1cccc(C(C#N)c2c(Cl)c(Cl)cc(Cl)c2Cl)c1. The zero-order valence-corrected chi connectivity index (χ0v) is 13.9. The normalized spacial score (nSPS) is 11.8. The summed E-state index contributed by atoms with van der Waals surface area (Å²) in [5.74, 6) is -0.0654. The van der Waals surface area contributed by atoms with Crippen LogP contribution in [0.5, 0.6) is 5.75 Å². The van der Waals surface area contributed by atoms with Crippen molar-refractivity contribution >= 4 is 46.4 Å². The number of benzene rings is 2. The summed E-state index contributed by atoms with van der Waals surface area (Å²) >= 11 is 24.5. The molecule has 2 rings (SSSR count). The van der Waals surface area contributed by atoms with Crippen LogP contribution < -0.4 is 4.74 Å². The molecule has 1 unspecified atom stereocenters. The first-order valence-electron chi connectivity index (χ1n) is 5.86. The molecule has 0 amide bonds. The first-order chi connectivity index (χ1) is 9.99. The standard InChI is InChI=1S/C15H9Cl4NO/c1-21-9-4-2-3-8(5-9)10(7-20)13-14(18)11(16)6-12(17)15(13)19/h2-6,10H,1H3. The molecule has 0 N–H and O–H groups in total. The predicted octanol–water partition coefficient (Wildman–Crippen LogP) is 5.96. The lowest BCUT2D eigenvalue weighted by Gasteiger charge is -2.16. The number of nitrogens with zero attached hydrogens (tertiary/aromatic N) is 1. The summed E-state index contributed by atoms with van der Waals surface area (Å²) in [7, 11) is 1.55. The lowest BCUT2D eigenvalue weighted by molar-refractivity contribution is 0.414. The van der Waals surface area contributed by atoms with Crippen molar-refractivity contribution in [2.24, 2.45) is 0 Å². The Morgan fingerprint density at radius 3 is 2.19 bits per heavy atom. The maximum absolute atomic E-state index is 9.53. The van der Waals surface area contributed by atoms with Crippen molar-refractivity contribution < 1.29 is 4.74 Å². The van der Waals surface area contributed by atoms with Crippen molar-refractivity contribution in [2.75, 3.05) is 7.11 Å². The minimum absolute atomic E-state index is 0.223. The number of methoxy groups -OCH3 is 1. The van der Waals surface area contributed by atoms with Crippen molar-refractivity contribution in [2.45, 2.75) is 5.92 Å². The Labute approximate surface area is 142 Å². The summed E-state index contributed by atoms with van der Waals surface area (Å²) in [5.41, 5.74) is 1.09. The van der Waals surface area contributed by atoms with E-state index < -0.39 is 5.92 Å². The van der Waals surface area contributed by atoms with Gasteiger partial charge in [0.1, 0.15) is 5.75 Å². The van der Waals surface area contributed by atoms with Gasteiger partial charge >= 0.3 is 0 Å². The highest BCUT2D eigenvalue weighted by molar-refractivity contribution is 6.48. The van der Waals surface area contributed by atoms with E-state index in [0.29, 0.717) is 16.9 Å². The number of hydrogen-bond donors (Lipinski definition) is 0. The van der Waals surface area contributed by atoms with E-state index in [-0.39, 0.29) is 20.1 Å². The fourth-order valence-electron chi connectivity index (χ4n) is 1.97. The van der Waals surface area contributed by atoms with Gasteiger partial charge in [-0.1, -0.05) is 58.5 Å². The summed E-state index contributed by atoms with van der Waals surface area (Å²) in [6, 6.07) is 10.7. The molecular formula is C15H9Cl4NO. The zero-order chi connectivity index (χ0) is 15.6. The van der Waals surface area contributed by atoms with E-state index in [4.69, 9.17) is 51.1 Å².